The molecule has 0 bridgehead atoms. The Labute approximate surface area is 183 Å². The number of pyridine rings is 2. The van der Waals surface area contributed by atoms with Crippen molar-refractivity contribution < 1.29 is 9.18 Å². The van der Waals surface area contributed by atoms with Crippen molar-refractivity contribution in [3.8, 4) is 11.3 Å². The van der Waals surface area contributed by atoms with Gasteiger partial charge in [-0.2, -0.15) is 0 Å². The molecule has 1 saturated heterocycles. The van der Waals surface area contributed by atoms with Gasteiger partial charge in [-0.05, 0) is 76.2 Å². The smallest absolute Gasteiger partial charge is 0.125 e. The highest BCUT2D eigenvalue weighted by molar-refractivity contribution is 5.68. The molecule has 1 aliphatic rings. The topological polar surface area (TPSA) is 58.1 Å². The third-order valence-corrected chi connectivity index (χ3v) is 5.53. The van der Waals surface area contributed by atoms with Crippen LogP contribution in [0.15, 0.2) is 60.9 Å². The molecule has 162 valence electrons. The predicted molar refractivity (Wildman–Crippen MR) is 123 cm³/mol. The Morgan fingerprint density at radius 2 is 1.94 bits per heavy atom. The van der Waals surface area contributed by atoms with E-state index in [1.165, 1.54) is 19.1 Å². The van der Waals surface area contributed by atoms with Crippen LogP contribution in [0.3, 0.4) is 0 Å². The minimum Gasteiger partial charge on any atom is -0.355 e. The number of aldehydes is 1. The van der Waals surface area contributed by atoms with E-state index in [0.717, 1.165) is 54.0 Å². The van der Waals surface area contributed by atoms with Crippen LogP contribution >= 0.6 is 0 Å². The predicted octanol–water partition coefficient (Wildman–Crippen LogP) is 5.43. The summed E-state index contributed by atoms with van der Waals surface area (Å²) in [5.74, 6) is 0.125. The Bertz CT molecular complexity index is 996. The number of likely N-dealkylation sites (tertiary alicyclic amines) is 1. The van der Waals surface area contributed by atoms with Crippen molar-refractivity contribution >= 4 is 17.7 Å². The standard InChI is InChI=1S/C23H25FN4.C2H4O/c1-16-8-9-18(15-28(16)2)23-13-21(26-20-7-3-6-19(24)11-20)12-22(27-23)17-5-4-10-25-14-17;1-2-3/h3-7,10-14,16,18H,8-9,15H2,1-2H3,(H,26,27);2H,1H3. The Morgan fingerprint density at radius 1 is 1.13 bits per heavy atom. The summed E-state index contributed by atoms with van der Waals surface area (Å²) in [5, 5.41) is 3.34. The third-order valence-electron chi connectivity index (χ3n) is 5.53. The number of carbonyl (C=O) groups excluding carboxylic acids is 1. The van der Waals surface area contributed by atoms with Crippen LogP contribution in [0.4, 0.5) is 15.8 Å². The van der Waals surface area contributed by atoms with Crippen molar-refractivity contribution in [1.82, 2.24) is 14.9 Å². The number of likely N-dealkylation sites (N-methyl/N-ethyl adjacent to an activating group) is 1. The lowest BCUT2D eigenvalue weighted by Gasteiger charge is -2.35. The molecule has 4 rings (SSSR count). The van der Waals surface area contributed by atoms with Gasteiger partial charge in [0.2, 0.25) is 0 Å². The third kappa shape index (κ3) is 6.18. The van der Waals surface area contributed by atoms with E-state index in [0.29, 0.717) is 12.0 Å². The van der Waals surface area contributed by atoms with E-state index in [1.807, 2.05) is 30.5 Å². The largest absolute Gasteiger partial charge is 0.355 e. The molecule has 0 saturated carbocycles. The molecule has 1 aliphatic heterocycles. The molecule has 0 aliphatic carbocycles. The summed E-state index contributed by atoms with van der Waals surface area (Å²) in [6.45, 7) is 4.71. The van der Waals surface area contributed by atoms with Crippen LogP contribution in [-0.2, 0) is 4.79 Å². The van der Waals surface area contributed by atoms with Gasteiger partial charge in [-0.15, -0.1) is 0 Å². The number of halogens is 1. The maximum atomic E-state index is 13.6. The van der Waals surface area contributed by atoms with Crippen molar-refractivity contribution in [2.45, 2.75) is 38.6 Å². The van der Waals surface area contributed by atoms with Crippen LogP contribution in [-0.4, -0.2) is 40.8 Å². The minimum absolute atomic E-state index is 0.255. The molecule has 2 aromatic heterocycles. The van der Waals surface area contributed by atoms with Gasteiger partial charge in [0.25, 0.3) is 0 Å². The number of nitrogens with zero attached hydrogens (tertiary/aromatic N) is 3. The second-order valence-electron chi connectivity index (χ2n) is 7.84. The minimum atomic E-state index is -0.255. The van der Waals surface area contributed by atoms with Crippen LogP contribution in [0.1, 0.15) is 38.3 Å². The monoisotopic (exact) mass is 420 g/mol. The number of carbonyl (C=O) groups is 1. The van der Waals surface area contributed by atoms with Gasteiger partial charge in [-0.25, -0.2) is 4.39 Å². The van der Waals surface area contributed by atoms with E-state index < -0.39 is 0 Å². The number of aromatic nitrogens is 2. The van der Waals surface area contributed by atoms with Gasteiger partial charge in [0, 0.05) is 53.5 Å². The first-order valence-electron chi connectivity index (χ1n) is 10.5. The fraction of sp³-hybridized carbons (Fsp3) is 0.320. The maximum absolute atomic E-state index is 13.6. The molecular weight excluding hydrogens is 391 g/mol. The van der Waals surface area contributed by atoms with E-state index in [9.17, 15) is 4.39 Å². The number of anilines is 2. The van der Waals surface area contributed by atoms with Crippen molar-refractivity contribution in [3.05, 3.63) is 72.4 Å². The van der Waals surface area contributed by atoms with E-state index in [1.54, 1.807) is 12.3 Å². The summed E-state index contributed by atoms with van der Waals surface area (Å²) in [6, 6.07) is 15.1. The summed E-state index contributed by atoms with van der Waals surface area (Å²) in [5.41, 5.74) is 4.56. The van der Waals surface area contributed by atoms with Crippen LogP contribution < -0.4 is 5.32 Å². The Kier molecular flexibility index (Phi) is 7.84. The number of benzene rings is 1. The van der Waals surface area contributed by atoms with Gasteiger partial charge in [-0.3, -0.25) is 9.97 Å². The highest BCUT2D eigenvalue weighted by Crippen LogP contribution is 2.32. The quantitative estimate of drug-likeness (QED) is 0.571. The van der Waals surface area contributed by atoms with Crippen LogP contribution in [0, 0.1) is 5.82 Å². The molecule has 6 heteroatoms. The molecule has 3 aromatic rings. The average molecular weight is 421 g/mol. The van der Waals surface area contributed by atoms with E-state index in [2.05, 4.69) is 35.2 Å². The second kappa shape index (κ2) is 10.8. The Hall–Kier alpha value is -3.12. The molecule has 2 atom stereocenters. The molecular formula is C25H29FN4O. The fourth-order valence-corrected chi connectivity index (χ4v) is 3.75. The van der Waals surface area contributed by atoms with Gasteiger partial charge in [-0.1, -0.05) is 6.07 Å². The molecule has 1 N–H and O–H groups in total. The highest BCUT2D eigenvalue weighted by Gasteiger charge is 2.25. The summed E-state index contributed by atoms with van der Waals surface area (Å²) >= 11 is 0. The number of hydrogen-bond acceptors (Lipinski definition) is 5. The average Bonchev–Trinajstić information content (AvgIpc) is 2.77. The molecule has 5 nitrogen and oxygen atoms in total. The molecule has 0 spiro atoms. The van der Waals surface area contributed by atoms with Crippen molar-refractivity contribution in [3.63, 3.8) is 0 Å². The molecule has 1 fully saturated rings. The lowest BCUT2D eigenvalue weighted by atomic mass is 9.90. The first-order chi connectivity index (χ1) is 15.0. The second-order valence-corrected chi connectivity index (χ2v) is 7.84. The molecule has 31 heavy (non-hydrogen) atoms. The summed E-state index contributed by atoms with van der Waals surface area (Å²) in [4.78, 5) is 20.4. The number of nitrogens with one attached hydrogen (secondary N) is 1. The van der Waals surface area contributed by atoms with Gasteiger partial charge in [0.05, 0.1) is 5.69 Å². The van der Waals surface area contributed by atoms with Crippen molar-refractivity contribution in [2.24, 2.45) is 0 Å². The zero-order chi connectivity index (χ0) is 22.2. The zero-order valence-corrected chi connectivity index (χ0v) is 18.3. The van der Waals surface area contributed by atoms with Gasteiger partial charge in [0.1, 0.15) is 12.1 Å². The highest BCUT2D eigenvalue weighted by atomic mass is 19.1. The van der Waals surface area contributed by atoms with E-state index in [-0.39, 0.29) is 5.82 Å². The first-order valence-corrected chi connectivity index (χ1v) is 10.5. The SMILES string of the molecule is CC1CCC(c2cc(Nc3cccc(F)c3)cc(-c3cccnc3)n2)CN1C.CC=O. The van der Waals surface area contributed by atoms with E-state index >= 15 is 0 Å². The lowest BCUT2D eigenvalue weighted by molar-refractivity contribution is -0.106. The summed E-state index contributed by atoms with van der Waals surface area (Å²) in [6.07, 6.45) is 6.62. The summed E-state index contributed by atoms with van der Waals surface area (Å²) < 4.78 is 13.6. The van der Waals surface area contributed by atoms with Crippen LogP contribution in [0.25, 0.3) is 11.3 Å². The first kappa shape index (κ1) is 22.6. The van der Waals surface area contributed by atoms with Crippen LogP contribution in [0.2, 0.25) is 0 Å². The molecule has 0 radical (unpaired) electrons. The number of rotatable bonds is 4. The normalized spacial score (nSPS) is 18.6. The Balaban J connectivity index is 0.000000858. The fourth-order valence-electron chi connectivity index (χ4n) is 3.75. The number of piperidine rings is 1. The summed E-state index contributed by atoms with van der Waals surface area (Å²) in [7, 11) is 2.17. The maximum Gasteiger partial charge on any atom is 0.125 e. The molecule has 3 heterocycles. The van der Waals surface area contributed by atoms with Gasteiger partial charge in [0.15, 0.2) is 0 Å². The van der Waals surface area contributed by atoms with Gasteiger partial charge < -0.3 is 15.0 Å². The zero-order valence-electron chi connectivity index (χ0n) is 18.3. The molecule has 1 aromatic carbocycles. The van der Waals surface area contributed by atoms with Crippen LogP contribution in [0.5, 0.6) is 0 Å². The van der Waals surface area contributed by atoms with E-state index in [4.69, 9.17) is 9.78 Å². The lowest BCUT2D eigenvalue weighted by Crippen LogP contribution is -2.38. The number of hydrogen-bond donors (Lipinski definition) is 1. The molecule has 2 unspecified atom stereocenters. The van der Waals surface area contributed by atoms with Crippen molar-refractivity contribution in [2.75, 3.05) is 18.9 Å². The van der Waals surface area contributed by atoms with Gasteiger partial charge >= 0.3 is 0 Å². The Morgan fingerprint density at radius 3 is 2.61 bits per heavy atom. The molecule has 0 amide bonds. The van der Waals surface area contributed by atoms with Crippen molar-refractivity contribution in [1.29, 1.82) is 0 Å².